The Labute approximate surface area is 184 Å². The van der Waals surface area contributed by atoms with Crippen molar-refractivity contribution in [3.63, 3.8) is 0 Å². The summed E-state index contributed by atoms with van der Waals surface area (Å²) in [6.07, 6.45) is -13.3. The molecule has 0 aliphatic carbocycles. The van der Waals surface area contributed by atoms with Crippen molar-refractivity contribution in [3.05, 3.63) is 36.2 Å². The van der Waals surface area contributed by atoms with Crippen LogP contribution in [-0.4, -0.2) is 41.3 Å². The van der Waals surface area contributed by atoms with E-state index in [0.717, 1.165) is 23.5 Å². The summed E-state index contributed by atoms with van der Waals surface area (Å²) in [5.74, 6) is -1.49. The maximum atomic E-state index is 13.5. The van der Waals surface area contributed by atoms with Crippen LogP contribution in [0.25, 0.3) is 10.6 Å². The summed E-state index contributed by atoms with van der Waals surface area (Å²) in [4.78, 5) is 12.7. The molecular weight excluding hydrogens is 483 g/mol. The molecule has 2 aromatic heterocycles. The molecular formula is C18H12F7N5O2S. The zero-order chi connectivity index (χ0) is 24.2. The minimum atomic E-state index is -4.90. The summed E-state index contributed by atoms with van der Waals surface area (Å²) < 4.78 is 102. The summed E-state index contributed by atoms with van der Waals surface area (Å²) in [7, 11) is 3.08. The Balaban J connectivity index is 1.65. The number of halogens is 7. The van der Waals surface area contributed by atoms with E-state index in [4.69, 9.17) is 0 Å². The van der Waals surface area contributed by atoms with Gasteiger partial charge >= 0.3 is 18.4 Å². The molecule has 15 heteroatoms. The van der Waals surface area contributed by atoms with Crippen LogP contribution in [-0.2, 0) is 6.18 Å². The molecule has 0 fully saturated rings. The number of hydrogen-bond acceptors (Lipinski definition) is 8. The number of alkyl halides is 7. The summed E-state index contributed by atoms with van der Waals surface area (Å²) in [5, 5.41) is 2.71. The van der Waals surface area contributed by atoms with Gasteiger partial charge in [0.05, 0.1) is 10.6 Å². The molecule has 0 radical (unpaired) electrons. The molecule has 0 amide bonds. The molecule has 0 saturated heterocycles. The van der Waals surface area contributed by atoms with Crippen molar-refractivity contribution < 1.29 is 40.2 Å². The van der Waals surface area contributed by atoms with Crippen LogP contribution in [0.1, 0.15) is 5.69 Å². The lowest BCUT2D eigenvalue weighted by Crippen LogP contribution is -2.52. The van der Waals surface area contributed by atoms with Gasteiger partial charge in [-0.3, -0.25) is 0 Å². The van der Waals surface area contributed by atoms with Gasteiger partial charge in [-0.2, -0.15) is 30.7 Å². The SMILES string of the molecule is CN(C)c1nc(C(F)(F)F)c(-c2ccnc(Nc3ccc4c(c3)OC(F)(F)C(F)(F)O4)n2)s1. The van der Waals surface area contributed by atoms with E-state index < -0.39 is 35.6 Å². The van der Waals surface area contributed by atoms with Crippen LogP contribution in [0.2, 0.25) is 0 Å². The molecule has 3 heterocycles. The number of nitrogens with one attached hydrogen (secondary N) is 1. The van der Waals surface area contributed by atoms with Crippen LogP contribution >= 0.6 is 11.3 Å². The van der Waals surface area contributed by atoms with Crippen LogP contribution in [0.4, 0.5) is 47.5 Å². The second-order valence-corrected chi connectivity index (χ2v) is 7.83. The van der Waals surface area contributed by atoms with E-state index >= 15 is 0 Å². The molecule has 1 aliphatic rings. The van der Waals surface area contributed by atoms with Gasteiger partial charge in [0, 0.05) is 32.0 Å². The number of nitrogens with zero attached hydrogens (tertiary/aromatic N) is 4. The lowest BCUT2D eigenvalue weighted by atomic mass is 10.2. The Bertz CT molecular complexity index is 1200. The Morgan fingerprint density at radius 3 is 2.27 bits per heavy atom. The average Bonchev–Trinajstić information content (AvgIpc) is 3.15. The first-order valence-electron chi connectivity index (χ1n) is 8.90. The van der Waals surface area contributed by atoms with Crippen molar-refractivity contribution in [1.29, 1.82) is 0 Å². The third kappa shape index (κ3) is 4.31. The molecule has 176 valence electrons. The van der Waals surface area contributed by atoms with E-state index in [1.54, 1.807) is 0 Å². The minimum absolute atomic E-state index is 0.0323. The fourth-order valence-electron chi connectivity index (χ4n) is 2.69. The highest BCUT2D eigenvalue weighted by atomic mass is 32.1. The normalized spacial score (nSPS) is 16.4. The topological polar surface area (TPSA) is 72.4 Å². The van der Waals surface area contributed by atoms with Gasteiger partial charge in [0.15, 0.2) is 22.3 Å². The van der Waals surface area contributed by atoms with Crippen LogP contribution in [0.5, 0.6) is 11.5 Å². The highest BCUT2D eigenvalue weighted by molar-refractivity contribution is 7.19. The molecule has 0 saturated carbocycles. The summed E-state index contributed by atoms with van der Waals surface area (Å²) in [6, 6.07) is 4.33. The molecule has 7 nitrogen and oxygen atoms in total. The van der Waals surface area contributed by atoms with Crippen molar-refractivity contribution in [1.82, 2.24) is 15.0 Å². The summed E-state index contributed by atoms with van der Waals surface area (Å²) in [6.45, 7) is 0. The van der Waals surface area contributed by atoms with E-state index in [2.05, 4.69) is 29.7 Å². The molecule has 3 aromatic rings. The van der Waals surface area contributed by atoms with Crippen LogP contribution in [0.3, 0.4) is 0 Å². The summed E-state index contributed by atoms with van der Waals surface area (Å²) in [5.41, 5.74) is -1.18. The van der Waals surface area contributed by atoms with Gasteiger partial charge in [-0.25, -0.2) is 15.0 Å². The fraction of sp³-hybridized carbons (Fsp3) is 0.278. The Hall–Kier alpha value is -3.36. The van der Waals surface area contributed by atoms with Crippen molar-refractivity contribution in [2.24, 2.45) is 0 Å². The largest absolute Gasteiger partial charge is 0.507 e. The van der Waals surface area contributed by atoms with Gasteiger partial charge < -0.3 is 19.7 Å². The first kappa shape index (κ1) is 22.8. The van der Waals surface area contributed by atoms with E-state index in [0.29, 0.717) is 0 Å². The van der Waals surface area contributed by atoms with Crippen molar-refractivity contribution in [3.8, 4) is 22.1 Å². The Morgan fingerprint density at radius 2 is 1.64 bits per heavy atom. The minimum Gasteiger partial charge on any atom is -0.421 e. The zero-order valence-electron chi connectivity index (χ0n) is 16.5. The Morgan fingerprint density at radius 1 is 0.970 bits per heavy atom. The third-order valence-electron chi connectivity index (χ3n) is 4.17. The first-order chi connectivity index (χ1) is 15.3. The predicted molar refractivity (Wildman–Crippen MR) is 103 cm³/mol. The average molecular weight is 495 g/mol. The maximum Gasteiger partial charge on any atom is 0.507 e. The second-order valence-electron chi connectivity index (χ2n) is 6.86. The van der Waals surface area contributed by atoms with E-state index in [9.17, 15) is 30.7 Å². The fourth-order valence-corrected chi connectivity index (χ4v) is 3.66. The molecule has 1 aliphatic heterocycles. The van der Waals surface area contributed by atoms with Gasteiger partial charge in [0.25, 0.3) is 0 Å². The molecule has 4 rings (SSSR count). The van der Waals surface area contributed by atoms with Crippen LogP contribution < -0.4 is 19.7 Å². The monoisotopic (exact) mass is 495 g/mol. The van der Waals surface area contributed by atoms with Crippen molar-refractivity contribution in [2.75, 3.05) is 24.3 Å². The molecule has 33 heavy (non-hydrogen) atoms. The Kier molecular flexibility index (Phi) is 5.26. The number of benzene rings is 1. The van der Waals surface area contributed by atoms with Crippen LogP contribution in [0, 0.1) is 0 Å². The molecule has 0 spiro atoms. The van der Waals surface area contributed by atoms with Gasteiger partial charge in [-0.1, -0.05) is 11.3 Å². The smallest absolute Gasteiger partial charge is 0.421 e. The molecule has 1 aromatic carbocycles. The number of fused-ring (bicyclic) bond motifs is 1. The molecule has 1 N–H and O–H groups in total. The van der Waals surface area contributed by atoms with Crippen molar-refractivity contribution in [2.45, 2.75) is 18.4 Å². The van der Waals surface area contributed by atoms with E-state index in [-0.39, 0.29) is 27.3 Å². The molecule has 0 bridgehead atoms. The zero-order valence-corrected chi connectivity index (χ0v) is 17.4. The number of hydrogen-bond donors (Lipinski definition) is 1. The second kappa shape index (κ2) is 7.60. The lowest BCUT2D eigenvalue weighted by molar-refractivity contribution is -0.391. The number of rotatable bonds is 4. The third-order valence-corrected chi connectivity index (χ3v) is 5.42. The van der Waals surface area contributed by atoms with Gasteiger partial charge in [0.2, 0.25) is 5.95 Å². The number of thiazole rings is 1. The maximum absolute atomic E-state index is 13.5. The number of anilines is 3. The summed E-state index contributed by atoms with van der Waals surface area (Å²) >= 11 is 0.767. The van der Waals surface area contributed by atoms with Gasteiger partial charge in [-0.15, -0.1) is 0 Å². The number of aromatic nitrogens is 3. The van der Waals surface area contributed by atoms with Gasteiger partial charge in [-0.05, 0) is 18.2 Å². The lowest BCUT2D eigenvalue weighted by Gasteiger charge is -2.31. The van der Waals surface area contributed by atoms with Crippen LogP contribution in [0.15, 0.2) is 30.5 Å². The first-order valence-corrected chi connectivity index (χ1v) is 9.72. The standard InChI is InChI=1S/C18H12F7N5O2S/c1-30(2)15-29-13(16(19,20)21)12(33-15)9-5-6-26-14(28-9)27-8-3-4-10-11(7-8)32-18(24,25)17(22,23)31-10/h3-7H,1-2H3,(H,26,27,28). The van der Waals surface area contributed by atoms with E-state index in [1.165, 1.54) is 37.3 Å². The molecule has 0 atom stereocenters. The predicted octanol–water partition coefficient (Wildman–Crippen LogP) is 5.39. The van der Waals surface area contributed by atoms with E-state index in [1.807, 2.05) is 0 Å². The highest BCUT2D eigenvalue weighted by Gasteiger charge is 2.65. The van der Waals surface area contributed by atoms with Gasteiger partial charge in [0.1, 0.15) is 0 Å². The van der Waals surface area contributed by atoms with Crippen molar-refractivity contribution >= 4 is 28.1 Å². The highest BCUT2D eigenvalue weighted by Crippen LogP contribution is 2.48. The quantitative estimate of drug-likeness (QED) is 0.487. The number of ether oxygens (including phenoxy) is 2. The molecule has 0 unspecified atom stereocenters.